The molecule has 0 radical (unpaired) electrons. The van der Waals surface area contributed by atoms with Crippen molar-refractivity contribution in [2.45, 2.75) is 0 Å². The van der Waals surface area contributed by atoms with Crippen LogP contribution in [0.2, 0.25) is 5.02 Å². The molecule has 0 spiro atoms. The third kappa shape index (κ3) is 2.93. The molecule has 8 heteroatoms. The Morgan fingerprint density at radius 3 is 2.83 bits per heavy atom. The lowest BCUT2D eigenvalue weighted by molar-refractivity contribution is 0.210. The second-order valence-electron chi connectivity index (χ2n) is 5.00. The lowest BCUT2D eigenvalue weighted by atomic mass is 10.1. The predicted octanol–water partition coefficient (Wildman–Crippen LogP) is 2.32. The maximum atomic E-state index is 6.33. The van der Waals surface area contributed by atoms with Gasteiger partial charge in [0.1, 0.15) is 5.82 Å². The van der Waals surface area contributed by atoms with Gasteiger partial charge >= 0.3 is 0 Å². The van der Waals surface area contributed by atoms with E-state index in [2.05, 4.69) is 20.4 Å². The highest BCUT2D eigenvalue weighted by molar-refractivity contribution is 6.33. The van der Waals surface area contributed by atoms with E-state index in [1.807, 2.05) is 24.3 Å². The van der Waals surface area contributed by atoms with Gasteiger partial charge in [0, 0.05) is 31.3 Å². The Bertz CT molecular complexity index is 847. The summed E-state index contributed by atoms with van der Waals surface area (Å²) in [6.45, 7) is 1.14. The standard InChI is InChI=1S/C15H17ClN6O/c1-22-13(17)11-12(9-5-3-4-6-10(9)16)19-15(18-7-8-23-2)20-14(11)21-22/h3-6H,7-8,17H2,1-2H3,(H,18,20,21). The second-order valence-corrected chi connectivity index (χ2v) is 5.41. The Balaban J connectivity index is 2.18. The second kappa shape index (κ2) is 6.39. The van der Waals surface area contributed by atoms with Crippen LogP contribution in [0.4, 0.5) is 11.8 Å². The fourth-order valence-corrected chi connectivity index (χ4v) is 2.53. The van der Waals surface area contributed by atoms with Gasteiger partial charge in [0.15, 0.2) is 5.65 Å². The molecule has 0 atom stereocenters. The van der Waals surface area contributed by atoms with E-state index in [1.165, 1.54) is 0 Å². The first-order chi connectivity index (χ1) is 11.1. The number of halogens is 1. The van der Waals surface area contributed by atoms with Crippen LogP contribution < -0.4 is 11.1 Å². The number of hydrogen-bond donors (Lipinski definition) is 2. The number of methoxy groups -OCH3 is 1. The van der Waals surface area contributed by atoms with Crippen LogP contribution in [0.5, 0.6) is 0 Å². The number of aryl methyl sites for hydroxylation is 1. The van der Waals surface area contributed by atoms with E-state index in [4.69, 9.17) is 22.1 Å². The van der Waals surface area contributed by atoms with Crippen LogP contribution in [0.3, 0.4) is 0 Å². The van der Waals surface area contributed by atoms with Crippen LogP contribution in [-0.2, 0) is 11.8 Å². The maximum Gasteiger partial charge on any atom is 0.225 e. The molecule has 0 fully saturated rings. The predicted molar refractivity (Wildman–Crippen MR) is 91.5 cm³/mol. The Morgan fingerprint density at radius 2 is 2.09 bits per heavy atom. The molecular formula is C15H17ClN6O. The van der Waals surface area contributed by atoms with Crippen molar-refractivity contribution in [2.24, 2.45) is 7.05 Å². The van der Waals surface area contributed by atoms with Crippen molar-refractivity contribution in [3.8, 4) is 11.3 Å². The molecule has 2 aromatic heterocycles. The fraction of sp³-hybridized carbons (Fsp3) is 0.267. The molecule has 2 heterocycles. The van der Waals surface area contributed by atoms with Gasteiger partial charge in [-0.25, -0.2) is 4.98 Å². The number of benzene rings is 1. The van der Waals surface area contributed by atoms with Crippen molar-refractivity contribution < 1.29 is 4.74 Å². The number of nitrogens with one attached hydrogen (secondary N) is 1. The topological polar surface area (TPSA) is 90.9 Å². The van der Waals surface area contributed by atoms with E-state index in [0.717, 1.165) is 5.56 Å². The fourth-order valence-electron chi connectivity index (χ4n) is 2.31. The summed E-state index contributed by atoms with van der Waals surface area (Å²) >= 11 is 6.33. The molecule has 3 aromatic rings. The van der Waals surface area contributed by atoms with Gasteiger partial charge < -0.3 is 15.8 Å². The summed E-state index contributed by atoms with van der Waals surface area (Å²) in [4.78, 5) is 8.99. The van der Waals surface area contributed by atoms with Gasteiger partial charge in [-0.1, -0.05) is 29.8 Å². The lowest BCUT2D eigenvalue weighted by Crippen LogP contribution is -2.10. The van der Waals surface area contributed by atoms with E-state index in [1.54, 1.807) is 18.8 Å². The minimum atomic E-state index is 0.461. The van der Waals surface area contributed by atoms with Crippen LogP contribution in [0, 0.1) is 0 Å². The monoisotopic (exact) mass is 332 g/mol. The molecule has 0 saturated carbocycles. The van der Waals surface area contributed by atoms with Crippen LogP contribution >= 0.6 is 11.6 Å². The van der Waals surface area contributed by atoms with Crippen molar-refractivity contribution >= 4 is 34.4 Å². The molecule has 0 bridgehead atoms. The van der Waals surface area contributed by atoms with Gasteiger partial charge in [-0.2, -0.15) is 10.1 Å². The number of fused-ring (bicyclic) bond motifs is 1. The summed E-state index contributed by atoms with van der Waals surface area (Å²) in [6, 6.07) is 7.49. The number of anilines is 2. The Kier molecular flexibility index (Phi) is 4.31. The minimum Gasteiger partial charge on any atom is -0.383 e. The van der Waals surface area contributed by atoms with Gasteiger partial charge in [0.2, 0.25) is 5.95 Å². The van der Waals surface area contributed by atoms with Crippen LogP contribution in [-0.4, -0.2) is 40.0 Å². The first-order valence-corrected chi connectivity index (χ1v) is 7.47. The summed E-state index contributed by atoms with van der Waals surface area (Å²) in [6.07, 6.45) is 0. The Labute approximate surface area is 138 Å². The van der Waals surface area contributed by atoms with Gasteiger partial charge in [-0.15, -0.1) is 0 Å². The number of hydrogen-bond acceptors (Lipinski definition) is 6. The molecule has 0 unspecified atom stereocenters. The molecule has 0 aliphatic carbocycles. The zero-order valence-electron chi connectivity index (χ0n) is 12.9. The smallest absolute Gasteiger partial charge is 0.225 e. The summed E-state index contributed by atoms with van der Waals surface area (Å²) in [5, 5.41) is 8.75. The molecule has 23 heavy (non-hydrogen) atoms. The third-order valence-electron chi connectivity index (χ3n) is 3.46. The number of nitrogen functional groups attached to an aromatic ring is 1. The lowest BCUT2D eigenvalue weighted by Gasteiger charge is -2.09. The molecule has 120 valence electrons. The van der Waals surface area contributed by atoms with Crippen LogP contribution in [0.15, 0.2) is 24.3 Å². The average molecular weight is 333 g/mol. The van der Waals surface area contributed by atoms with Gasteiger partial charge in [0.05, 0.1) is 17.7 Å². The molecule has 3 rings (SSSR count). The highest BCUT2D eigenvalue weighted by Gasteiger charge is 2.18. The Hall–Kier alpha value is -2.38. The van der Waals surface area contributed by atoms with Gasteiger partial charge in [-0.3, -0.25) is 4.68 Å². The number of nitrogens with zero attached hydrogens (tertiary/aromatic N) is 4. The van der Waals surface area contributed by atoms with E-state index in [9.17, 15) is 0 Å². The highest BCUT2D eigenvalue weighted by Crippen LogP contribution is 2.34. The summed E-state index contributed by atoms with van der Waals surface area (Å²) in [5.41, 5.74) is 8.10. The van der Waals surface area contributed by atoms with Gasteiger partial charge in [-0.05, 0) is 6.07 Å². The van der Waals surface area contributed by atoms with Crippen molar-refractivity contribution in [3.63, 3.8) is 0 Å². The largest absolute Gasteiger partial charge is 0.383 e. The number of rotatable bonds is 5. The summed E-state index contributed by atoms with van der Waals surface area (Å²) in [7, 11) is 3.41. The van der Waals surface area contributed by atoms with Crippen molar-refractivity contribution in [1.82, 2.24) is 19.7 Å². The molecule has 0 aliphatic rings. The highest BCUT2D eigenvalue weighted by atomic mass is 35.5. The summed E-state index contributed by atoms with van der Waals surface area (Å²) in [5.74, 6) is 0.959. The molecule has 0 aliphatic heterocycles. The van der Waals surface area contributed by atoms with Gasteiger partial charge in [0.25, 0.3) is 0 Å². The van der Waals surface area contributed by atoms with Crippen molar-refractivity contribution in [3.05, 3.63) is 29.3 Å². The zero-order chi connectivity index (χ0) is 16.4. The van der Waals surface area contributed by atoms with E-state index in [0.29, 0.717) is 46.7 Å². The van der Waals surface area contributed by atoms with E-state index in [-0.39, 0.29) is 0 Å². The van der Waals surface area contributed by atoms with Crippen molar-refractivity contribution in [2.75, 3.05) is 31.3 Å². The average Bonchev–Trinajstić information content (AvgIpc) is 2.82. The van der Waals surface area contributed by atoms with Crippen molar-refractivity contribution in [1.29, 1.82) is 0 Å². The number of nitrogens with two attached hydrogens (primary N) is 1. The first-order valence-electron chi connectivity index (χ1n) is 7.09. The number of aromatic nitrogens is 4. The molecule has 0 saturated heterocycles. The first kappa shape index (κ1) is 15.5. The molecule has 3 N–H and O–H groups in total. The van der Waals surface area contributed by atoms with Crippen LogP contribution in [0.25, 0.3) is 22.3 Å². The SMILES string of the molecule is COCCNc1nc(-c2ccccc2Cl)c2c(N)n(C)nc2n1. The Morgan fingerprint density at radius 1 is 1.30 bits per heavy atom. The minimum absolute atomic E-state index is 0.461. The molecule has 1 aromatic carbocycles. The zero-order valence-corrected chi connectivity index (χ0v) is 13.6. The van der Waals surface area contributed by atoms with E-state index < -0.39 is 0 Å². The quantitative estimate of drug-likeness (QED) is 0.697. The number of ether oxygens (including phenoxy) is 1. The molecule has 7 nitrogen and oxygen atoms in total. The van der Waals surface area contributed by atoms with Crippen LogP contribution in [0.1, 0.15) is 0 Å². The van der Waals surface area contributed by atoms with E-state index >= 15 is 0 Å². The normalized spacial score (nSPS) is 11.1. The maximum absolute atomic E-state index is 6.33. The molecular weight excluding hydrogens is 316 g/mol. The summed E-state index contributed by atoms with van der Waals surface area (Å²) < 4.78 is 6.61. The third-order valence-corrected chi connectivity index (χ3v) is 3.79. The molecule has 0 amide bonds.